The van der Waals surface area contributed by atoms with Crippen molar-refractivity contribution in [2.24, 2.45) is 0 Å². The molecule has 9 heteroatoms. The Labute approximate surface area is 178 Å². The van der Waals surface area contributed by atoms with E-state index in [0.29, 0.717) is 26.4 Å². The van der Waals surface area contributed by atoms with Crippen molar-refractivity contribution >= 4 is 10.1 Å². The summed E-state index contributed by atoms with van der Waals surface area (Å²) in [6.07, 6.45) is 2.69. The molecule has 1 aromatic carbocycles. The predicted octanol–water partition coefficient (Wildman–Crippen LogP) is 1.62. The molecule has 0 bridgehead atoms. The molecule has 4 atom stereocenters. The van der Waals surface area contributed by atoms with E-state index in [9.17, 15) is 8.42 Å². The number of hydrogen-bond donors (Lipinski definition) is 1. The van der Waals surface area contributed by atoms with Crippen LogP contribution in [0.25, 0.3) is 0 Å². The van der Waals surface area contributed by atoms with Crippen molar-refractivity contribution in [2.75, 3.05) is 39.6 Å². The molecule has 168 valence electrons. The van der Waals surface area contributed by atoms with Gasteiger partial charge < -0.3 is 24.1 Å². The average Bonchev–Trinajstić information content (AvgIpc) is 2.79. The molecular formula is C21H30O8S. The molecule has 8 nitrogen and oxygen atoms in total. The fourth-order valence-electron chi connectivity index (χ4n) is 2.53. The smallest absolute Gasteiger partial charge is 0.297 e. The Morgan fingerprint density at radius 3 is 1.93 bits per heavy atom. The molecule has 0 spiro atoms. The van der Waals surface area contributed by atoms with Gasteiger partial charge in [0, 0.05) is 0 Å². The zero-order valence-corrected chi connectivity index (χ0v) is 18.0. The van der Waals surface area contributed by atoms with E-state index in [0.717, 1.165) is 5.56 Å². The van der Waals surface area contributed by atoms with E-state index in [4.69, 9.17) is 28.2 Å². The highest BCUT2D eigenvalue weighted by Crippen LogP contribution is 2.15. The third kappa shape index (κ3) is 7.92. The highest BCUT2D eigenvalue weighted by Gasteiger charge is 2.24. The fourth-order valence-corrected chi connectivity index (χ4v) is 3.46. The first-order chi connectivity index (χ1) is 14.4. The van der Waals surface area contributed by atoms with Crippen molar-refractivity contribution in [3.8, 4) is 0 Å². The molecule has 30 heavy (non-hydrogen) atoms. The first-order valence-electron chi connectivity index (χ1n) is 9.66. The van der Waals surface area contributed by atoms with Crippen molar-refractivity contribution in [3.63, 3.8) is 0 Å². The average molecular weight is 443 g/mol. The van der Waals surface area contributed by atoms with E-state index < -0.39 is 10.1 Å². The molecule has 1 N–H and O–H groups in total. The minimum Gasteiger partial charge on any atom is -0.394 e. The van der Waals surface area contributed by atoms with E-state index in [2.05, 4.69) is 13.2 Å². The van der Waals surface area contributed by atoms with Crippen molar-refractivity contribution in [1.82, 2.24) is 0 Å². The van der Waals surface area contributed by atoms with Crippen LogP contribution in [-0.4, -0.2) is 77.6 Å². The summed E-state index contributed by atoms with van der Waals surface area (Å²) in [5.74, 6) is 0. The third-order valence-electron chi connectivity index (χ3n) is 4.43. The maximum atomic E-state index is 12.0. The molecule has 2 heterocycles. The SMILES string of the molecule is C=C[C@H]1CO[C@H](CO)CO1.C=C[C@H]1CO[C@H](COS(=O)(=O)c2ccc(C)cc2)CO1. The zero-order valence-electron chi connectivity index (χ0n) is 17.1. The molecule has 0 saturated carbocycles. The standard InChI is InChI=1S/C14H18O5S.C7H12O3/c1-3-12-8-18-13(9-17-12)10-19-20(15,16)14-6-4-11(2)5-7-14;1-2-6-4-10-7(3-8)5-9-6/h3-7,12-13H,1,8-10H2,2H3;2,6-8H,1,3-5H2/t12-,13-;6-,7+/m00/s1. The molecule has 0 aliphatic carbocycles. The number of aliphatic hydroxyl groups excluding tert-OH is 1. The molecule has 3 rings (SSSR count). The lowest BCUT2D eigenvalue weighted by Gasteiger charge is -2.27. The zero-order chi connectivity index (χ0) is 22.0. The van der Waals surface area contributed by atoms with Crippen LogP contribution in [0.15, 0.2) is 54.5 Å². The van der Waals surface area contributed by atoms with Crippen LogP contribution in [-0.2, 0) is 33.2 Å². The van der Waals surface area contributed by atoms with E-state index in [1.165, 1.54) is 12.1 Å². The van der Waals surface area contributed by atoms with Gasteiger partial charge in [0.2, 0.25) is 0 Å². The van der Waals surface area contributed by atoms with Gasteiger partial charge in [-0.2, -0.15) is 8.42 Å². The second-order valence-electron chi connectivity index (χ2n) is 6.86. The number of ether oxygens (including phenoxy) is 4. The Hall–Kier alpha value is -1.59. The number of benzene rings is 1. The molecule has 2 fully saturated rings. The highest BCUT2D eigenvalue weighted by molar-refractivity contribution is 7.86. The van der Waals surface area contributed by atoms with Crippen LogP contribution in [0.4, 0.5) is 0 Å². The van der Waals surface area contributed by atoms with Crippen molar-refractivity contribution < 1.29 is 36.7 Å². The first-order valence-corrected chi connectivity index (χ1v) is 11.1. The van der Waals surface area contributed by atoms with Gasteiger partial charge in [-0.25, -0.2) is 0 Å². The third-order valence-corrected chi connectivity index (χ3v) is 5.73. The van der Waals surface area contributed by atoms with Crippen molar-refractivity contribution in [1.29, 1.82) is 0 Å². The quantitative estimate of drug-likeness (QED) is 0.502. The number of aliphatic hydroxyl groups is 1. The Kier molecular flexibility index (Phi) is 10.1. The minimum absolute atomic E-state index is 0.00259. The van der Waals surface area contributed by atoms with Gasteiger partial charge in [0.25, 0.3) is 10.1 Å². The molecule has 2 aliphatic heterocycles. The van der Waals surface area contributed by atoms with E-state index in [1.807, 2.05) is 6.92 Å². The monoisotopic (exact) mass is 442 g/mol. The number of aryl methyl sites for hydroxylation is 1. The fraction of sp³-hybridized carbons (Fsp3) is 0.524. The van der Waals surface area contributed by atoms with Crippen LogP contribution in [0.1, 0.15) is 5.56 Å². The van der Waals surface area contributed by atoms with Gasteiger partial charge in [-0.3, -0.25) is 4.18 Å². The van der Waals surface area contributed by atoms with Gasteiger partial charge in [0.05, 0.1) is 56.7 Å². The summed E-state index contributed by atoms with van der Waals surface area (Å²) in [5.41, 5.74) is 0.989. The van der Waals surface area contributed by atoms with Gasteiger partial charge in [-0.1, -0.05) is 29.8 Å². The summed E-state index contributed by atoms with van der Waals surface area (Å²) >= 11 is 0. The molecule has 2 aliphatic rings. The van der Waals surface area contributed by atoms with Crippen LogP contribution in [0.2, 0.25) is 0 Å². The summed E-state index contributed by atoms with van der Waals surface area (Å²) in [5, 5.41) is 8.62. The Balaban J connectivity index is 0.000000269. The topological polar surface area (TPSA) is 101 Å². The largest absolute Gasteiger partial charge is 0.394 e. The van der Waals surface area contributed by atoms with Gasteiger partial charge in [0.15, 0.2) is 0 Å². The Morgan fingerprint density at radius 1 is 0.967 bits per heavy atom. The van der Waals surface area contributed by atoms with Crippen LogP contribution in [0.3, 0.4) is 0 Å². The molecule has 2 saturated heterocycles. The molecule has 0 unspecified atom stereocenters. The molecule has 0 radical (unpaired) electrons. The van der Waals surface area contributed by atoms with Gasteiger partial charge in [0.1, 0.15) is 12.2 Å². The maximum absolute atomic E-state index is 12.0. The van der Waals surface area contributed by atoms with Crippen LogP contribution < -0.4 is 0 Å². The maximum Gasteiger partial charge on any atom is 0.297 e. The summed E-state index contributed by atoms with van der Waals surface area (Å²) in [7, 11) is -3.75. The van der Waals surface area contributed by atoms with Crippen molar-refractivity contribution in [3.05, 3.63) is 55.1 Å². The normalized spacial score (nSPS) is 26.9. The number of hydrogen-bond acceptors (Lipinski definition) is 8. The lowest BCUT2D eigenvalue weighted by atomic mass is 10.2. The molecule has 0 aromatic heterocycles. The molecule has 1 aromatic rings. The summed E-state index contributed by atoms with van der Waals surface area (Å²) < 4.78 is 50.2. The van der Waals surface area contributed by atoms with E-state index >= 15 is 0 Å². The summed E-state index contributed by atoms with van der Waals surface area (Å²) in [4.78, 5) is 0.142. The lowest BCUT2D eigenvalue weighted by molar-refractivity contribution is -0.129. The first kappa shape index (κ1) is 24.7. The van der Waals surface area contributed by atoms with Gasteiger partial charge in [-0.05, 0) is 19.1 Å². The number of rotatable bonds is 7. The van der Waals surface area contributed by atoms with Crippen LogP contribution in [0.5, 0.6) is 0 Å². The summed E-state index contributed by atoms with van der Waals surface area (Å²) in [6.45, 7) is 10.7. The second kappa shape index (κ2) is 12.3. The molecule has 0 amide bonds. The lowest BCUT2D eigenvalue weighted by Crippen LogP contribution is -2.37. The van der Waals surface area contributed by atoms with E-state index in [1.54, 1.807) is 24.3 Å². The van der Waals surface area contributed by atoms with Gasteiger partial charge >= 0.3 is 0 Å². The highest BCUT2D eigenvalue weighted by atomic mass is 32.2. The van der Waals surface area contributed by atoms with Crippen LogP contribution in [0, 0.1) is 6.92 Å². The minimum atomic E-state index is -3.75. The van der Waals surface area contributed by atoms with Crippen LogP contribution >= 0.6 is 0 Å². The Morgan fingerprint density at radius 2 is 1.50 bits per heavy atom. The van der Waals surface area contributed by atoms with E-state index in [-0.39, 0.29) is 42.5 Å². The van der Waals surface area contributed by atoms with Crippen molar-refractivity contribution in [2.45, 2.75) is 36.2 Å². The van der Waals surface area contributed by atoms with Gasteiger partial charge in [-0.15, -0.1) is 13.2 Å². The predicted molar refractivity (Wildman–Crippen MR) is 111 cm³/mol. The summed E-state index contributed by atoms with van der Waals surface area (Å²) in [6, 6.07) is 6.50. The second-order valence-corrected chi connectivity index (χ2v) is 8.48. The Bertz CT molecular complexity index is 746. The molecular weight excluding hydrogens is 412 g/mol.